The molecule has 4 nitrogen and oxygen atoms in total. The van der Waals surface area contributed by atoms with Crippen LogP contribution in [-0.2, 0) is 9.59 Å². The molecule has 0 aliphatic heterocycles. The first-order valence-electron chi connectivity index (χ1n) is 9.31. The third-order valence-corrected chi connectivity index (χ3v) is 4.81. The van der Waals surface area contributed by atoms with Crippen LogP contribution in [-0.4, -0.2) is 22.2 Å². The van der Waals surface area contributed by atoms with Gasteiger partial charge in [0.15, 0.2) is 0 Å². The summed E-state index contributed by atoms with van der Waals surface area (Å²) in [5.74, 6) is -1.18. The van der Waals surface area contributed by atoms with Gasteiger partial charge < -0.3 is 10.2 Å². The lowest BCUT2D eigenvalue weighted by Crippen LogP contribution is -2.30. The number of carboxylic acids is 2. The number of unbranched alkanes of at least 4 members (excludes halogenated alkanes) is 4. The van der Waals surface area contributed by atoms with E-state index in [-0.39, 0.29) is 6.42 Å². The molecule has 0 aromatic heterocycles. The van der Waals surface area contributed by atoms with Crippen LogP contribution >= 0.6 is 0 Å². The van der Waals surface area contributed by atoms with Gasteiger partial charge in [-0.15, -0.1) is 0 Å². The van der Waals surface area contributed by atoms with Crippen LogP contribution in [0.25, 0.3) is 0 Å². The molecule has 0 aliphatic carbocycles. The molecular weight excluding hydrogens is 292 g/mol. The third-order valence-electron chi connectivity index (χ3n) is 4.81. The molecule has 0 amide bonds. The lowest BCUT2D eigenvalue weighted by Gasteiger charge is -2.30. The fourth-order valence-electron chi connectivity index (χ4n) is 3.26. The van der Waals surface area contributed by atoms with Gasteiger partial charge in [-0.25, -0.2) is 0 Å². The molecule has 4 heteroatoms. The Morgan fingerprint density at radius 2 is 1.52 bits per heavy atom. The number of rotatable bonds is 15. The van der Waals surface area contributed by atoms with E-state index in [0.717, 1.165) is 25.7 Å². The van der Waals surface area contributed by atoms with Crippen molar-refractivity contribution < 1.29 is 19.8 Å². The Hall–Kier alpha value is -1.06. The first-order valence-corrected chi connectivity index (χ1v) is 9.31. The molecule has 23 heavy (non-hydrogen) atoms. The molecule has 2 unspecified atom stereocenters. The maximum Gasteiger partial charge on any atom is 0.309 e. The number of hydrogen-bond acceptors (Lipinski definition) is 2. The fourth-order valence-corrected chi connectivity index (χ4v) is 3.26. The monoisotopic (exact) mass is 328 g/mol. The molecular formula is C19H36O4. The van der Waals surface area contributed by atoms with Crippen LogP contribution in [0.1, 0.15) is 97.8 Å². The van der Waals surface area contributed by atoms with Crippen molar-refractivity contribution in [1.82, 2.24) is 0 Å². The van der Waals surface area contributed by atoms with Gasteiger partial charge in [0.25, 0.3) is 0 Å². The zero-order valence-corrected chi connectivity index (χ0v) is 15.3. The maximum atomic E-state index is 11.7. The first-order chi connectivity index (χ1) is 10.9. The summed E-state index contributed by atoms with van der Waals surface area (Å²) in [6, 6.07) is 0. The highest BCUT2D eigenvalue weighted by Crippen LogP contribution is 2.36. The van der Waals surface area contributed by atoms with E-state index < -0.39 is 17.4 Å². The van der Waals surface area contributed by atoms with E-state index in [2.05, 4.69) is 13.8 Å². The second-order valence-corrected chi connectivity index (χ2v) is 7.17. The number of aliphatic carboxylic acids is 2. The van der Waals surface area contributed by atoms with E-state index in [9.17, 15) is 14.7 Å². The zero-order valence-electron chi connectivity index (χ0n) is 15.3. The Morgan fingerprint density at radius 1 is 0.913 bits per heavy atom. The smallest absolute Gasteiger partial charge is 0.309 e. The van der Waals surface area contributed by atoms with Crippen molar-refractivity contribution in [3.05, 3.63) is 0 Å². The summed E-state index contributed by atoms with van der Waals surface area (Å²) in [5, 5.41) is 18.4. The normalized spacial score (nSPS) is 15.1. The number of hydrogen-bond donors (Lipinski definition) is 2. The van der Waals surface area contributed by atoms with Gasteiger partial charge in [0.05, 0.1) is 5.41 Å². The molecule has 0 aromatic carbocycles. The van der Waals surface area contributed by atoms with E-state index in [4.69, 9.17) is 5.11 Å². The Kier molecular flexibility index (Phi) is 11.8. The number of carboxylic acid groups (broad SMARTS) is 2. The van der Waals surface area contributed by atoms with Gasteiger partial charge >= 0.3 is 11.9 Å². The van der Waals surface area contributed by atoms with Gasteiger partial charge in [-0.1, -0.05) is 65.2 Å². The van der Waals surface area contributed by atoms with Gasteiger partial charge in [-0.05, 0) is 32.1 Å². The van der Waals surface area contributed by atoms with Gasteiger partial charge in [0, 0.05) is 6.42 Å². The van der Waals surface area contributed by atoms with Crippen molar-refractivity contribution in [2.75, 3.05) is 0 Å². The topological polar surface area (TPSA) is 74.6 Å². The van der Waals surface area contributed by atoms with Crippen LogP contribution in [0.5, 0.6) is 0 Å². The largest absolute Gasteiger partial charge is 0.481 e. The minimum absolute atomic E-state index is 0.0546. The molecule has 0 heterocycles. The van der Waals surface area contributed by atoms with Crippen LogP contribution < -0.4 is 0 Å². The molecule has 0 aromatic rings. The van der Waals surface area contributed by atoms with E-state index in [1.165, 1.54) is 25.7 Å². The number of carbonyl (C=O) groups is 2. The summed E-state index contributed by atoms with van der Waals surface area (Å²) in [5.41, 5.74) is -0.793. The average molecular weight is 328 g/mol. The second kappa shape index (κ2) is 12.4. The molecule has 0 fully saturated rings. The molecule has 0 bridgehead atoms. The minimum Gasteiger partial charge on any atom is -0.481 e. The summed E-state index contributed by atoms with van der Waals surface area (Å²) >= 11 is 0. The zero-order chi connectivity index (χ0) is 17.7. The molecule has 2 atom stereocenters. The van der Waals surface area contributed by atoms with E-state index in [0.29, 0.717) is 25.2 Å². The molecule has 0 rings (SSSR count). The summed E-state index contributed by atoms with van der Waals surface area (Å²) in [7, 11) is 0. The van der Waals surface area contributed by atoms with Crippen LogP contribution in [0.3, 0.4) is 0 Å². The van der Waals surface area contributed by atoms with Crippen molar-refractivity contribution in [1.29, 1.82) is 0 Å². The lowest BCUT2D eigenvalue weighted by molar-refractivity contribution is -0.150. The van der Waals surface area contributed by atoms with E-state index >= 15 is 0 Å². The summed E-state index contributed by atoms with van der Waals surface area (Å²) in [6.07, 6.45) is 10.9. The predicted molar refractivity (Wildman–Crippen MR) is 93.6 cm³/mol. The Balaban J connectivity index is 4.62. The van der Waals surface area contributed by atoms with Crippen LogP contribution in [0.2, 0.25) is 0 Å². The molecule has 0 aliphatic rings. The Bertz CT molecular complexity index is 340. The predicted octanol–water partition coefficient (Wildman–Crippen LogP) is 5.50. The standard InChI is InChI=1S/C19H36O4/c1-4-6-8-9-12-16(11-7-5-2)15-19(3,18(22)23)14-10-13-17(20)21/h16H,4-15H2,1-3H3,(H,20,21)(H,22,23). The van der Waals surface area contributed by atoms with Gasteiger partial charge in [0.1, 0.15) is 0 Å². The average Bonchev–Trinajstić information content (AvgIpc) is 2.48. The lowest BCUT2D eigenvalue weighted by atomic mass is 9.74. The van der Waals surface area contributed by atoms with Gasteiger partial charge in [0.2, 0.25) is 0 Å². The highest BCUT2D eigenvalue weighted by molar-refractivity contribution is 5.74. The van der Waals surface area contributed by atoms with E-state index in [1.54, 1.807) is 6.92 Å². The van der Waals surface area contributed by atoms with Gasteiger partial charge in [-0.3, -0.25) is 9.59 Å². The summed E-state index contributed by atoms with van der Waals surface area (Å²) < 4.78 is 0. The summed E-state index contributed by atoms with van der Waals surface area (Å²) in [4.78, 5) is 22.4. The SMILES string of the molecule is CCCCCCC(CCCC)CC(C)(CCCC(=O)O)C(=O)O. The van der Waals surface area contributed by atoms with Crippen molar-refractivity contribution in [2.24, 2.45) is 11.3 Å². The molecule has 0 saturated heterocycles. The van der Waals surface area contributed by atoms with E-state index in [1.807, 2.05) is 0 Å². The quantitative estimate of drug-likeness (QED) is 0.389. The molecule has 0 radical (unpaired) electrons. The van der Waals surface area contributed by atoms with Crippen LogP contribution in [0.4, 0.5) is 0 Å². The molecule has 0 spiro atoms. The first kappa shape index (κ1) is 21.9. The van der Waals surface area contributed by atoms with Crippen LogP contribution in [0.15, 0.2) is 0 Å². The Labute approximate surface area is 141 Å². The van der Waals surface area contributed by atoms with Crippen LogP contribution in [0, 0.1) is 11.3 Å². The highest BCUT2D eigenvalue weighted by Gasteiger charge is 2.35. The summed E-state index contributed by atoms with van der Waals surface area (Å²) in [6.45, 7) is 6.15. The third kappa shape index (κ3) is 10.4. The Morgan fingerprint density at radius 3 is 2.04 bits per heavy atom. The van der Waals surface area contributed by atoms with Crippen molar-refractivity contribution in [3.63, 3.8) is 0 Å². The fraction of sp³-hybridized carbons (Fsp3) is 0.895. The van der Waals surface area contributed by atoms with Gasteiger partial charge in [-0.2, -0.15) is 0 Å². The minimum atomic E-state index is -0.847. The highest BCUT2D eigenvalue weighted by atomic mass is 16.4. The van der Waals surface area contributed by atoms with Crippen molar-refractivity contribution in [2.45, 2.75) is 97.8 Å². The second-order valence-electron chi connectivity index (χ2n) is 7.17. The molecule has 2 N–H and O–H groups in total. The maximum absolute atomic E-state index is 11.7. The van der Waals surface area contributed by atoms with Crippen molar-refractivity contribution in [3.8, 4) is 0 Å². The molecule has 0 saturated carbocycles. The molecule has 136 valence electrons. The van der Waals surface area contributed by atoms with Crippen molar-refractivity contribution >= 4 is 11.9 Å².